The van der Waals surface area contributed by atoms with Crippen molar-refractivity contribution in [2.24, 2.45) is 0 Å². The molecular formula is C18H11Cl2N3O3. The van der Waals surface area contributed by atoms with Gasteiger partial charge in [-0.05, 0) is 30.3 Å². The van der Waals surface area contributed by atoms with Gasteiger partial charge in [0.2, 0.25) is 0 Å². The van der Waals surface area contributed by atoms with Crippen LogP contribution in [0.3, 0.4) is 0 Å². The van der Waals surface area contributed by atoms with E-state index in [4.69, 9.17) is 33.2 Å². The van der Waals surface area contributed by atoms with Crippen LogP contribution in [-0.2, 0) is 9.59 Å². The number of amides is 2. The third kappa shape index (κ3) is 3.49. The molecule has 2 amide bonds. The summed E-state index contributed by atoms with van der Waals surface area (Å²) >= 11 is 11.8. The summed E-state index contributed by atoms with van der Waals surface area (Å²) in [5.41, 5.74) is 3.31. The molecule has 1 aliphatic heterocycles. The Kier molecular flexibility index (Phi) is 5.12. The van der Waals surface area contributed by atoms with Crippen LogP contribution < -0.4 is 15.2 Å². The van der Waals surface area contributed by atoms with E-state index in [2.05, 4.69) is 5.43 Å². The number of rotatable bonds is 4. The molecule has 26 heavy (non-hydrogen) atoms. The normalized spacial score (nSPS) is 15.1. The SMILES string of the molecule is N#CCOc1ccccc1/C=C1\C(=O)NN(c2ccc(Cl)c(Cl)c2)C1=O. The van der Waals surface area contributed by atoms with Crippen molar-refractivity contribution in [2.45, 2.75) is 0 Å². The number of benzene rings is 2. The van der Waals surface area contributed by atoms with E-state index < -0.39 is 11.8 Å². The number of nitrogens with zero attached hydrogens (tertiary/aromatic N) is 2. The molecule has 2 aromatic carbocycles. The molecule has 1 heterocycles. The molecule has 1 fully saturated rings. The van der Waals surface area contributed by atoms with Gasteiger partial charge in [0.25, 0.3) is 11.8 Å². The number of ether oxygens (including phenoxy) is 1. The molecule has 0 atom stereocenters. The van der Waals surface area contributed by atoms with Crippen LogP contribution in [0.1, 0.15) is 5.56 Å². The first kappa shape index (κ1) is 17.8. The maximum absolute atomic E-state index is 12.6. The summed E-state index contributed by atoms with van der Waals surface area (Å²) in [6, 6.07) is 13.3. The van der Waals surface area contributed by atoms with Gasteiger partial charge < -0.3 is 4.74 Å². The molecule has 1 saturated heterocycles. The largest absolute Gasteiger partial charge is 0.478 e. The zero-order chi connectivity index (χ0) is 18.7. The Hall–Kier alpha value is -3.01. The molecule has 1 N–H and O–H groups in total. The van der Waals surface area contributed by atoms with E-state index in [0.717, 1.165) is 5.01 Å². The van der Waals surface area contributed by atoms with Crippen LogP contribution >= 0.6 is 23.2 Å². The van der Waals surface area contributed by atoms with E-state index in [-0.39, 0.29) is 17.2 Å². The number of anilines is 1. The first-order chi connectivity index (χ1) is 12.5. The van der Waals surface area contributed by atoms with Crippen LogP contribution in [0.5, 0.6) is 5.75 Å². The van der Waals surface area contributed by atoms with Crippen molar-refractivity contribution < 1.29 is 14.3 Å². The van der Waals surface area contributed by atoms with Gasteiger partial charge in [0.15, 0.2) is 6.61 Å². The molecule has 130 valence electrons. The lowest BCUT2D eigenvalue weighted by Crippen LogP contribution is -2.35. The van der Waals surface area contributed by atoms with E-state index in [1.165, 1.54) is 18.2 Å². The second-order valence-electron chi connectivity index (χ2n) is 5.22. The molecule has 0 aromatic heterocycles. The van der Waals surface area contributed by atoms with Crippen molar-refractivity contribution in [2.75, 3.05) is 11.6 Å². The highest BCUT2D eigenvalue weighted by Gasteiger charge is 2.34. The van der Waals surface area contributed by atoms with Crippen LogP contribution in [0.4, 0.5) is 5.69 Å². The number of hydrogen-bond acceptors (Lipinski definition) is 4. The van der Waals surface area contributed by atoms with Gasteiger partial charge in [-0.1, -0.05) is 41.4 Å². The van der Waals surface area contributed by atoms with Crippen molar-refractivity contribution in [1.29, 1.82) is 5.26 Å². The summed E-state index contributed by atoms with van der Waals surface area (Å²) in [5, 5.41) is 10.3. The van der Waals surface area contributed by atoms with E-state index in [1.807, 2.05) is 6.07 Å². The van der Waals surface area contributed by atoms with Crippen LogP contribution in [0, 0.1) is 11.3 Å². The van der Waals surface area contributed by atoms with E-state index in [9.17, 15) is 9.59 Å². The van der Waals surface area contributed by atoms with Gasteiger partial charge in [0.05, 0.1) is 15.7 Å². The lowest BCUT2D eigenvalue weighted by Gasteiger charge is -2.15. The second-order valence-corrected chi connectivity index (χ2v) is 6.04. The topological polar surface area (TPSA) is 82.4 Å². The molecule has 3 rings (SSSR count). The first-order valence-electron chi connectivity index (χ1n) is 7.42. The number of hydrazine groups is 1. The highest BCUT2D eigenvalue weighted by molar-refractivity contribution is 6.42. The number of carbonyl (C=O) groups excluding carboxylic acids is 2. The minimum absolute atomic E-state index is 0.0657. The summed E-state index contributed by atoms with van der Waals surface area (Å²) in [6.07, 6.45) is 1.42. The van der Waals surface area contributed by atoms with Gasteiger partial charge in [-0.25, -0.2) is 5.01 Å². The molecule has 0 radical (unpaired) electrons. The van der Waals surface area contributed by atoms with E-state index in [1.54, 1.807) is 30.3 Å². The number of halogens is 2. The van der Waals surface area contributed by atoms with Crippen molar-refractivity contribution in [3.05, 3.63) is 63.6 Å². The van der Waals surface area contributed by atoms with Crippen molar-refractivity contribution in [3.8, 4) is 11.8 Å². The molecule has 0 bridgehead atoms. The average molecular weight is 388 g/mol. The van der Waals surface area contributed by atoms with Gasteiger partial charge in [-0.2, -0.15) is 5.26 Å². The Bertz CT molecular complexity index is 966. The molecule has 0 aliphatic carbocycles. The minimum atomic E-state index is -0.559. The summed E-state index contributed by atoms with van der Waals surface area (Å²) in [7, 11) is 0. The van der Waals surface area contributed by atoms with Gasteiger partial charge in [0, 0.05) is 5.56 Å². The Labute approximate surface area is 159 Å². The third-order valence-corrected chi connectivity index (χ3v) is 4.30. The Balaban J connectivity index is 1.93. The predicted molar refractivity (Wildman–Crippen MR) is 97.6 cm³/mol. The van der Waals surface area contributed by atoms with Crippen LogP contribution in [-0.4, -0.2) is 18.4 Å². The zero-order valence-electron chi connectivity index (χ0n) is 13.2. The van der Waals surface area contributed by atoms with Crippen molar-refractivity contribution in [3.63, 3.8) is 0 Å². The summed E-state index contributed by atoms with van der Waals surface area (Å²) in [4.78, 5) is 24.9. The van der Waals surface area contributed by atoms with Crippen LogP contribution in [0.2, 0.25) is 10.0 Å². The Morgan fingerprint density at radius 1 is 1.15 bits per heavy atom. The maximum Gasteiger partial charge on any atom is 0.282 e. The van der Waals surface area contributed by atoms with Gasteiger partial charge in [-0.15, -0.1) is 0 Å². The monoisotopic (exact) mass is 387 g/mol. The first-order valence-corrected chi connectivity index (χ1v) is 8.18. The van der Waals surface area contributed by atoms with Gasteiger partial charge in [0.1, 0.15) is 17.4 Å². The Morgan fingerprint density at radius 2 is 1.92 bits per heavy atom. The molecule has 1 aliphatic rings. The average Bonchev–Trinajstić information content (AvgIpc) is 2.91. The van der Waals surface area contributed by atoms with E-state index in [0.29, 0.717) is 22.0 Å². The van der Waals surface area contributed by atoms with E-state index >= 15 is 0 Å². The smallest absolute Gasteiger partial charge is 0.282 e. The molecule has 0 spiro atoms. The van der Waals surface area contributed by atoms with Gasteiger partial charge >= 0.3 is 0 Å². The molecule has 0 saturated carbocycles. The number of para-hydroxylation sites is 1. The zero-order valence-corrected chi connectivity index (χ0v) is 14.7. The molecule has 8 heteroatoms. The van der Waals surface area contributed by atoms with Crippen molar-refractivity contribution >= 4 is 46.8 Å². The van der Waals surface area contributed by atoms with Gasteiger partial charge in [-0.3, -0.25) is 15.0 Å². The standard InChI is InChI=1S/C18H11Cl2N3O3/c19-14-6-5-12(10-15(14)20)23-18(25)13(17(24)22-23)9-11-3-1-2-4-16(11)26-8-7-21/h1-6,9-10H,8H2,(H,22,24)/b13-9+. The quantitative estimate of drug-likeness (QED) is 0.643. The number of nitrogens with one attached hydrogen (secondary N) is 1. The molecule has 2 aromatic rings. The van der Waals surface area contributed by atoms with Crippen LogP contribution in [0.15, 0.2) is 48.0 Å². The Morgan fingerprint density at radius 3 is 2.65 bits per heavy atom. The van der Waals surface area contributed by atoms with Crippen molar-refractivity contribution in [1.82, 2.24) is 5.43 Å². The summed E-state index contributed by atoms with van der Waals surface area (Å²) < 4.78 is 5.31. The fraction of sp³-hybridized carbons (Fsp3) is 0.0556. The second kappa shape index (κ2) is 7.48. The minimum Gasteiger partial charge on any atom is -0.478 e. The fourth-order valence-corrected chi connectivity index (χ4v) is 2.65. The molecular weight excluding hydrogens is 377 g/mol. The number of carbonyl (C=O) groups is 2. The number of hydrogen-bond donors (Lipinski definition) is 1. The third-order valence-electron chi connectivity index (χ3n) is 3.56. The molecule has 6 nitrogen and oxygen atoms in total. The number of nitriles is 1. The lowest BCUT2D eigenvalue weighted by molar-refractivity contribution is -0.117. The maximum atomic E-state index is 12.6. The fourth-order valence-electron chi connectivity index (χ4n) is 2.36. The summed E-state index contributed by atoms with van der Waals surface area (Å²) in [6.45, 7) is -0.143. The summed E-state index contributed by atoms with van der Waals surface area (Å²) in [5.74, 6) is -0.699. The highest BCUT2D eigenvalue weighted by atomic mass is 35.5. The highest BCUT2D eigenvalue weighted by Crippen LogP contribution is 2.30. The lowest BCUT2D eigenvalue weighted by atomic mass is 10.1. The molecule has 0 unspecified atom stereocenters. The predicted octanol–water partition coefficient (Wildman–Crippen LogP) is 3.36. The van der Waals surface area contributed by atoms with Crippen LogP contribution in [0.25, 0.3) is 6.08 Å².